The molecule has 0 unspecified atom stereocenters. The second-order valence-corrected chi connectivity index (χ2v) is 2.61. The molecular weight excluding hydrogens is 190 g/mol. The van der Waals surface area contributed by atoms with Gasteiger partial charge in [0.05, 0.1) is 0 Å². The molecule has 0 spiro atoms. The standard InChI is InChI=1S/C3H3N3O5S/c7-1-4-2(8)6(12(10)11)3(9)5-1/h12H,(H2,4,5,7,8,9). The van der Waals surface area contributed by atoms with Crippen molar-refractivity contribution in [1.29, 1.82) is 0 Å². The van der Waals surface area contributed by atoms with Crippen molar-refractivity contribution >= 4 is 10.9 Å². The zero-order valence-corrected chi connectivity index (χ0v) is 6.33. The number of hydrogen-bond donors (Lipinski definition) is 3. The molecule has 66 valence electrons. The molecule has 0 saturated heterocycles. The molecular formula is C3H3N3O5S. The molecule has 0 amide bonds. The van der Waals surface area contributed by atoms with E-state index in [2.05, 4.69) is 0 Å². The second kappa shape index (κ2) is 2.77. The van der Waals surface area contributed by atoms with Crippen molar-refractivity contribution in [3.05, 3.63) is 31.5 Å². The van der Waals surface area contributed by atoms with Gasteiger partial charge in [-0.05, 0) is 0 Å². The maximum Gasteiger partial charge on any atom is 0.347 e. The van der Waals surface area contributed by atoms with Crippen LogP contribution in [-0.4, -0.2) is 22.4 Å². The Labute approximate surface area is 65.6 Å². The van der Waals surface area contributed by atoms with Gasteiger partial charge < -0.3 is 0 Å². The van der Waals surface area contributed by atoms with Gasteiger partial charge in [0.15, 0.2) is 0 Å². The lowest BCUT2D eigenvalue weighted by atomic mass is 11.0. The average molecular weight is 193 g/mol. The maximum absolute atomic E-state index is 10.6. The molecule has 0 atom stereocenters. The van der Waals surface area contributed by atoms with E-state index in [1.807, 2.05) is 0 Å². The van der Waals surface area contributed by atoms with E-state index in [-0.39, 0.29) is 3.97 Å². The van der Waals surface area contributed by atoms with Crippen LogP contribution < -0.4 is 17.1 Å². The third-order valence-electron chi connectivity index (χ3n) is 0.989. The van der Waals surface area contributed by atoms with Crippen molar-refractivity contribution in [1.82, 2.24) is 13.9 Å². The minimum Gasteiger partial charge on any atom is -0.258 e. The van der Waals surface area contributed by atoms with E-state index in [1.165, 1.54) is 0 Å². The molecule has 9 heteroatoms. The summed E-state index contributed by atoms with van der Waals surface area (Å²) >= 11 is 0. The van der Waals surface area contributed by atoms with Crippen molar-refractivity contribution in [2.24, 2.45) is 0 Å². The Bertz CT molecular complexity index is 488. The summed E-state index contributed by atoms with van der Waals surface area (Å²) in [5.74, 6) is 0. The Kier molecular flexibility index (Phi) is 1.95. The lowest BCUT2D eigenvalue weighted by molar-refractivity contribution is 0.599. The minimum absolute atomic E-state index is 0.114. The van der Waals surface area contributed by atoms with Crippen molar-refractivity contribution in [2.75, 3.05) is 0 Å². The smallest absolute Gasteiger partial charge is 0.258 e. The van der Waals surface area contributed by atoms with Crippen LogP contribution in [0.2, 0.25) is 0 Å². The fraction of sp³-hybridized carbons (Fsp3) is 0. The number of H-pyrrole nitrogens is 2. The summed E-state index contributed by atoms with van der Waals surface area (Å²) in [4.78, 5) is 34.7. The van der Waals surface area contributed by atoms with Crippen molar-refractivity contribution in [3.63, 3.8) is 0 Å². The van der Waals surface area contributed by atoms with Crippen LogP contribution in [0.3, 0.4) is 0 Å². The lowest BCUT2D eigenvalue weighted by Crippen LogP contribution is -2.42. The van der Waals surface area contributed by atoms with E-state index in [9.17, 15) is 22.8 Å². The summed E-state index contributed by atoms with van der Waals surface area (Å²) in [6.07, 6.45) is 0. The normalized spacial score (nSPS) is 10.4. The summed E-state index contributed by atoms with van der Waals surface area (Å²) in [6.45, 7) is 0. The monoisotopic (exact) mass is 193 g/mol. The molecule has 0 bridgehead atoms. The van der Waals surface area contributed by atoms with Crippen LogP contribution >= 0.6 is 0 Å². The van der Waals surface area contributed by atoms with E-state index < -0.39 is 28.0 Å². The van der Waals surface area contributed by atoms with Gasteiger partial charge in [0, 0.05) is 0 Å². The summed E-state index contributed by atoms with van der Waals surface area (Å²) in [5, 5.41) is 0. The number of rotatable bonds is 1. The predicted molar refractivity (Wildman–Crippen MR) is 37.7 cm³/mol. The van der Waals surface area contributed by atoms with Crippen LogP contribution in [0.5, 0.6) is 0 Å². The largest absolute Gasteiger partial charge is 0.347 e. The third kappa shape index (κ3) is 1.34. The minimum atomic E-state index is -3.36. The summed E-state index contributed by atoms with van der Waals surface area (Å²) in [5.41, 5.74) is -3.60. The molecule has 1 rings (SSSR count). The van der Waals surface area contributed by atoms with Gasteiger partial charge >= 0.3 is 17.1 Å². The zero-order valence-electron chi connectivity index (χ0n) is 5.44. The summed E-state index contributed by atoms with van der Waals surface area (Å²) in [6, 6.07) is 0. The SMILES string of the molecule is O=c1[nH]c(=O)n([SH](=O)=O)c(=O)[nH]1. The van der Waals surface area contributed by atoms with E-state index in [0.29, 0.717) is 0 Å². The van der Waals surface area contributed by atoms with E-state index >= 15 is 0 Å². The van der Waals surface area contributed by atoms with Crippen LogP contribution in [0, 0.1) is 0 Å². The molecule has 0 fully saturated rings. The van der Waals surface area contributed by atoms with Crippen LogP contribution in [0.4, 0.5) is 0 Å². The van der Waals surface area contributed by atoms with Crippen molar-refractivity contribution < 1.29 is 8.42 Å². The number of aromatic nitrogens is 3. The van der Waals surface area contributed by atoms with Crippen LogP contribution in [0.15, 0.2) is 14.4 Å². The van der Waals surface area contributed by atoms with Gasteiger partial charge in [-0.15, -0.1) is 3.97 Å². The zero-order chi connectivity index (χ0) is 9.30. The highest BCUT2D eigenvalue weighted by Gasteiger charge is 2.02. The Morgan fingerprint density at radius 1 is 1.00 bits per heavy atom. The number of hydrogen-bond acceptors (Lipinski definition) is 5. The molecule has 1 heterocycles. The molecule has 0 aromatic carbocycles. The number of nitrogens with one attached hydrogen (secondary N) is 2. The first-order valence-electron chi connectivity index (χ1n) is 2.62. The highest BCUT2D eigenvalue weighted by atomic mass is 32.2. The van der Waals surface area contributed by atoms with Gasteiger partial charge in [-0.25, -0.2) is 22.8 Å². The van der Waals surface area contributed by atoms with E-state index in [1.54, 1.807) is 9.97 Å². The Hall–Kier alpha value is -1.64. The van der Waals surface area contributed by atoms with Crippen LogP contribution in [-0.2, 0) is 10.9 Å². The Balaban J connectivity index is 3.85. The predicted octanol–water partition coefficient (Wildman–Crippen LogP) is -3.40. The fourth-order valence-corrected chi connectivity index (χ4v) is 0.969. The highest BCUT2D eigenvalue weighted by molar-refractivity contribution is 7.70. The van der Waals surface area contributed by atoms with E-state index in [0.717, 1.165) is 0 Å². The van der Waals surface area contributed by atoms with Crippen LogP contribution in [0.1, 0.15) is 0 Å². The van der Waals surface area contributed by atoms with Crippen LogP contribution in [0.25, 0.3) is 0 Å². The summed E-state index contributed by atoms with van der Waals surface area (Å²) < 4.78 is 20.3. The van der Waals surface area contributed by atoms with Gasteiger partial charge in [-0.1, -0.05) is 0 Å². The molecule has 2 N–H and O–H groups in total. The first kappa shape index (κ1) is 8.46. The van der Waals surface area contributed by atoms with Crippen molar-refractivity contribution in [2.45, 2.75) is 0 Å². The highest BCUT2D eigenvalue weighted by Crippen LogP contribution is 1.56. The number of aromatic amines is 2. The second-order valence-electron chi connectivity index (χ2n) is 1.74. The molecule has 0 saturated carbocycles. The molecule has 1 aromatic heterocycles. The summed E-state index contributed by atoms with van der Waals surface area (Å²) in [7, 11) is -3.36. The average Bonchev–Trinajstić information content (AvgIpc) is 1.82. The molecule has 0 aliphatic rings. The first-order valence-corrected chi connectivity index (χ1v) is 3.76. The molecule has 0 aliphatic carbocycles. The molecule has 8 nitrogen and oxygen atoms in total. The van der Waals surface area contributed by atoms with Gasteiger partial charge in [-0.3, -0.25) is 9.97 Å². The van der Waals surface area contributed by atoms with E-state index in [4.69, 9.17) is 0 Å². The Morgan fingerprint density at radius 3 is 1.75 bits per heavy atom. The maximum atomic E-state index is 10.6. The third-order valence-corrected chi connectivity index (χ3v) is 1.68. The molecule has 0 aliphatic heterocycles. The Morgan fingerprint density at radius 2 is 1.42 bits per heavy atom. The number of thiol groups is 1. The molecule has 0 radical (unpaired) electrons. The quantitative estimate of drug-likeness (QED) is 0.401. The number of nitrogens with zero attached hydrogens (tertiary/aromatic N) is 1. The van der Waals surface area contributed by atoms with Gasteiger partial charge in [0.25, 0.3) is 0 Å². The molecule has 1 aromatic rings. The lowest BCUT2D eigenvalue weighted by Gasteiger charge is -1.89. The topological polar surface area (TPSA) is 122 Å². The fourth-order valence-electron chi connectivity index (χ4n) is 0.572. The van der Waals surface area contributed by atoms with Gasteiger partial charge in [0.1, 0.15) is 0 Å². The van der Waals surface area contributed by atoms with Gasteiger partial charge in [-0.2, -0.15) is 0 Å². The van der Waals surface area contributed by atoms with Gasteiger partial charge in [0.2, 0.25) is 10.9 Å². The first-order chi connectivity index (χ1) is 5.52. The molecule has 12 heavy (non-hydrogen) atoms. The van der Waals surface area contributed by atoms with Crippen molar-refractivity contribution in [3.8, 4) is 0 Å².